The molecule has 0 unspecified atom stereocenters. The van der Waals surface area contributed by atoms with Crippen molar-refractivity contribution in [2.45, 2.75) is 37.8 Å². The van der Waals surface area contributed by atoms with Crippen LogP contribution in [0.25, 0.3) is 0 Å². The lowest BCUT2D eigenvalue weighted by Gasteiger charge is -2.41. The quantitative estimate of drug-likeness (QED) is 0.847. The molecule has 0 spiro atoms. The number of carbonyl (C=O) groups is 1. The number of amides is 1. The normalized spacial score (nSPS) is 22.0. The summed E-state index contributed by atoms with van der Waals surface area (Å²) in [5, 5.41) is 19.3. The molecule has 6 heteroatoms. The van der Waals surface area contributed by atoms with Gasteiger partial charge in [-0.25, -0.2) is 0 Å². The minimum atomic E-state index is -0.146. The molecule has 1 aromatic rings. The number of aromatic hydroxyl groups is 1. The van der Waals surface area contributed by atoms with Crippen LogP contribution in [0.2, 0.25) is 0 Å². The van der Waals surface area contributed by atoms with Gasteiger partial charge in [-0.05, 0) is 31.7 Å². The molecule has 2 aliphatic heterocycles. The van der Waals surface area contributed by atoms with Gasteiger partial charge in [0.2, 0.25) is 0 Å². The zero-order valence-electron chi connectivity index (χ0n) is 12.7. The van der Waals surface area contributed by atoms with E-state index in [1.807, 2.05) is 4.90 Å². The van der Waals surface area contributed by atoms with Crippen molar-refractivity contribution in [3.05, 3.63) is 24.0 Å². The maximum Gasteiger partial charge on any atom is 0.257 e. The number of nitrogens with zero attached hydrogens (tertiary/aromatic N) is 3. The highest BCUT2D eigenvalue weighted by atomic mass is 16.3. The van der Waals surface area contributed by atoms with Crippen LogP contribution in [-0.2, 0) is 0 Å². The van der Waals surface area contributed by atoms with Crippen LogP contribution in [0, 0.1) is 0 Å². The number of likely N-dealkylation sites (tertiary alicyclic amines) is 2. The second kappa shape index (κ2) is 6.62. The summed E-state index contributed by atoms with van der Waals surface area (Å²) in [4.78, 5) is 20.5. The van der Waals surface area contributed by atoms with E-state index in [9.17, 15) is 15.0 Å². The summed E-state index contributed by atoms with van der Waals surface area (Å²) in [6.07, 6.45) is 6.29. The first-order valence-corrected chi connectivity index (χ1v) is 7.99. The van der Waals surface area contributed by atoms with Crippen molar-refractivity contribution in [3.8, 4) is 5.75 Å². The Hall–Kier alpha value is -1.66. The van der Waals surface area contributed by atoms with E-state index in [0.717, 1.165) is 38.8 Å². The Morgan fingerprint density at radius 2 is 1.82 bits per heavy atom. The molecule has 2 aliphatic rings. The first kappa shape index (κ1) is 15.2. The molecule has 2 saturated heterocycles. The van der Waals surface area contributed by atoms with E-state index in [2.05, 4.69) is 9.88 Å². The molecule has 2 fully saturated rings. The topological polar surface area (TPSA) is 76.9 Å². The van der Waals surface area contributed by atoms with Crippen LogP contribution in [-0.4, -0.2) is 69.2 Å². The maximum absolute atomic E-state index is 12.4. The number of piperidine rings is 2. The predicted molar refractivity (Wildman–Crippen MR) is 81.6 cm³/mol. The fourth-order valence-electron chi connectivity index (χ4n) is 3.42. The van der Waals surface area contributed by atoms with Crippen LogP contribution < -0.4 is 0 Å². The third-order valence-electron chi connectivity index (χ3n) is 4.80. The van der Waals surface area contributed by atoms with Crippen LogP contribution in [0.3, 0.4) is 0 Å². The molecule has 120 valence electrons. The third kappa shape index (κ3) is 3.23. The average Bonchev–Trinajstić information content (AvgIpc) is 2.56. The monoisotopic (exact) mass is 305 g/mol. The van der Waals surface area contributed by atoms with Crippen LogP contribution in [0.5, 0.6) is 5.75 Å². The number of aliphatic hydroxyl groups is 1. The van der Waals surface area contributed by atoms with Gasteiger partial charge in [-0.1, -0.05) is 0 Å². The summed E-state index contributed by atoms with van der Waals surface area (Å²) in [6.45, 7) is 3.32. The van der Waals surface area contributed by atoms with Gasteiger partial charge < -0.3 is 20.0 Å². The van der Waals surface area contributed by atoms with Crippen molar-refractivity contribution < 1.29 is 15.0 Å². The fraction of sp³-hybridized carbons (Fsp3) is 0.625. The first-order chi connectivity index (χ1) is 10.6. The Labute approximate surface area is 130 Å². The highest BCUT2D eigenvalue weighted by Crippen LogP contribution is 2.23. The number of carbonyl (C=O) groups excluding carboxylic acids is 1. The standard InChI is InChI=1S/C16H23N3O3/c20-13-4-9-18(10-5-13)12-2-7-19(8-3-12)16(22)14-1-6-17-11-15(14)21/h1,6,11-13,20-21H,2-5,7-10H2. The lowest BCUT2D eigenvalue weighted by Crippen LogP contribution is -2.49. The van der Waals surface area contributed by atoms with Gasteiger partial charge in [0, 0.05) is 38.4 Å². The van der Waals surface area contributed by atoms with Gasteiger partial charge in [-0.15, -0.1) is 0 Å². The molecule has 22 heavy (non-hydrogen) atoms. The molecule has 1 aromatic heterocycles. The average molecular weight is 305 g/mol. The van der Waals surface area contributed by atoms with Gasteiger partial charge in [0.05, 0.1) is 17.9 Å². The van der Waals surface area contributed by atoms with E-state index in [4.69, 9.17) is 0 Å². The zero-order valence-corrected chi connectivity index (χ0v) is 12.7. The van der Waals surface area contributed by atoms with Gasteiger partial charge in [0.25, 0.3) is 5.91 Å². The second-order valence-corrected chi connectivity index (χ2v) is 6.18. The molecular weight excluding hydrogens is 282 g/mol. The number of rotatable bonds is 2. The number of aliphatic hydroxyl groups excluding tert-OH is 1. The van der Waals surface area contributed by atoms with Crippen molar-refractivity contribution >= 4 is 5.91 Å². The van der Waals surface area contributed by atoms with Crippen molar-refractivity contribution in [3.63, 3.8) is 0 Å². The Morgan fingerprint density at radius 1 is 1.14 bits per heavy atom. The first-order valence-electron chi connectivity index (χ1n) is 7.99. The maximum atomic E-state index is 12.4. The lowest BCUT2D eigenvalue weighted by atomic mass is 9.98. The summed E-state index contributed by atoms with van der Waals surface area (Å²) in [7, 11) is 0. The minimum absolute atomic E-state index is 0.0559. The number of hydrogen-bond donors (Lipinski definition) is 2. The molecule has 3 rings (SSSR count). The highest BCUT2D eigenvalue weighted by molar-refractivity contribution is 5.96. The summed E-state index contributed by atoms with van der Waals surface area (Å²) in [6, 6.07) is 2.07. The number of pyridine rings is 1. The van der Waals surface area contributed by atoms with E-state index < -0.39 is 0 Å². The van der Waals surface area contributed by atoms with E-state index in [-0.39, 0.29) is 17.8 Å². The number of aromatic nitrogens is 1. The van der Waals surface area contributed by atoms with Gasteiger partial charge in [-0.3, -0.25) is 9.78 Å². The minimum Gasteiger partial charge on any atom is -0.505 e. The SMILES string of the molecule is O=C(c1ccncc1O)N1CCC(N2CCC(O)CC2)CC1. The van der Waals surface area contributed by atoms with E-state index in [1.165, 1.54) is 12.4 Å². The molecule has 0 aliphatic carbocycles. The Balaban J connectivity index is 1.55. The molecule has 0 saturated carbocycles. The van der Waals surface area contributed by atoms with Crippen LogP contribution in [0.15, 0.2) is 18.5 Å². The summed E-state index contributed by atoms with van der Waals surface area (Å²) in [5.74, 6) is -0.174. The Morgan fingerprint density at radius 3 is 2.45 bits per heavy atom. The van der Waals surface area contributed by atoms with Gasteiger partial charge in [0.15, 0.2) is 0 Å². The molecule has 2 N–H and O–H groups in total. The van der Waals surface area contributed by atoms with Gasteiger partial charge in [0.1, 0.15) is 5.75 Å². The molecule has 0 bridgehead atoms. The second-order valence-electron chi connectivity index (χ2n) is 6.18. The van der Waals surface area contributed by atoms with Gasteiger partial charge in [-0.2, -0.15) is 0 Å². The van der Waals surface area contributed by atoms with E-state index in [0.29, 0.717) is 24.7 Å². The number of hydrogen-bond acceptors (Lipinski definition) is 5. The lowest BCUT2D eigenvalue weighted by molar-refractivity contribution is 0.0356. The largest absolute Gasteiger partial charge is 0.505 e. The summed E-state index contributed by atoms with van der Waals surface area (Å²) in [5.41, 5.74) is 0.328. The Kier molecular flexibility index (Phi) is 4.59. The molecule has 0 radical (unpaired) electrons. The predicted octanol–water partition coefficient (Wildman–Crippen LogP) is 0.849. The smallest absolute Gasteiger partial charge is 0.257 e. The van der Waals surface area contributed by atoms with Crippen LogP contribution in [0.4, 0.5) is 0 Å². The zero-order chi connectivity index (χ0) is 15.5. The molecule has 1 amide bonds. The van der Waals surface area contributed by atoms with Crippen molar-refractivity contribution in [2.24, 2.45) is 0 Å². The fourth-order valence-corrected chi connectivity index (χ4v) is 3.42. The van der Waals surface area contributed by atoms with Gasteiger partial charge >= 0.3 is 0 Å². The van der Waals surface area contributed by atoms with E-state index >= 15 is 0 Å². The summed E-state index contributed by atoms with van der Waals surface area (Å²) < 4.78 is 0. The van der Waals surface area contributed by atoms with Crippen molar-refractivity contribution in [2.75, 3.05) is 26.2 Å². The van der Waals surface area contributed by atoms with Crippen molar-refractivity contribution in [1.82, 2.24) is 14.8 Å². The molecule has 3 heterocycles. The molecule has 0 aromatic carbocycles. The molecule has 0 atom stereocenters. The highest BCUT2D eigenvalue weighted by Gasteiger charge is 2.30. The van der Waals surface area contributed by atoms with E-state index in [1.54, 1.807) is 6.07 Å². The molecular formula is C16H23N3O3. The van der Waals surface area contributed by atoms with Crippen LogP contribution in [0.1, 0.15) is 36.0 Å². The van der Waals surface area contributed by atoms with Crippen molar-refractivity contribution in [1.29, 1.82) is 0 Å². The van der Waals surface area contributed by atoms with Crippen LogP contribution >= 0.6 is 0 Å². The Bertz CT molecular complexity index is 521. The molecule has 6 nitrogen and oxygen atoms in total. The summed E-state index contributed by atoms with van der Waals surface area (Å²) >= 11 is 0. The third-order valence-corrected chi connectivity index (χ3v) is 4.80.